The highest BCUT2D eigenvalue weighted by atomic mass is 35.5. The first-order valence-electron chi connectivity index (χ1n) is 6.22. The molecule has 1 atom stereocenters. The van der Waals surface area contributed by atoms with Crippen molar-refractivity contribution in [2.75, 3.05) is 26.2 Å². The maximum absolute atomic E-state index is 6.09. The Morgan fingerprint density at radius 3 is 2.20 bits per heavy atom. The second-order valence-corrected chi connectivity index (χ2v) is 5.40. The van der Waals surface area contributed by atoms with Crippen LogP contribution in [0.4, 0.5) is 0 Å². The molecule has 1 heterocycles. The molecule has 0 bridgehead atoms. The topological polar surface area (TPSA) is 15.3 Å². The van der Waals surface area contributed by atoms with E-state index in [0.29, 0.717) is 16.1 Å². The van der Waals surface area contributed by atoms with E-state index < -0.39 is 0 Å². The smallest absolute Gasteiger partial charge is 0.0424 e. The van der Waals surface area contributed by atoms with Gasteiger partial charge in [-0.25, -0.2) is 0 Å². The van der Waals surface area contributed by atoms with Crippen LogP contribution in [0.1, 0.15) is 18.0 Å². The van der Waals surface area contributed by atoms with Crippen LogP contribution < -0.4 is 5.32 Å². The lowest BCUT2D eigenvalue weighted by atomic mass is 10.0. The van der Waals surface area contributed by atoms with E-state index in [1.165, 1.54) is 5.56 Å². The van der Waals surface area contributed by atoms with E-state index in [-0.39, 0.29) is 24.8 Å². The molecule has 1 aliphatic rings. The Balaban J connectivity index is 0.00000180. The number of benzene rings is 1. The molecule has 1 saturated heterocycles. The summed E-state index contributed by atoms with van der Waals surface area (Å²) in [5.74, 6) is 0. The van der Waals surface area contributed by atoms with Gasteiger partial charge in [0.1, 0.15) is 0 Å². The van der Waals surface area contributed by atoms with E-state index >= 15 is 0 Å². The van der Waals surface area contributed by atoms with E-state index in [0.717, 1.165) is 32.6 Å². The second-order valence-electron chi connectivity index (χ2n) is 4.53. The van der Waals surface area contributed by atoms with E-state index in [2.05, 4.69) is 16.8 Å². The summed E-state index contributed by atoms with van der Waals surface area (Å²) in [4.78, 5) is 2.46. The van der Waals surface area contributed by atoms with Gasteiger partial charge in [0.05, 0.1) is 0 Å². The van der Waals surface area contributed by atoms with Crippen molar-refractivity contribution >= 4 is 48.0 Å². The molecule has 20 heavy (non-hydrogen) atoms. The lowest BCUT2D eigenvalue weighted by Crippen LogP contribution is -2.45. The summed E-state index contributed by atoms with van der Waals surface area (Å²) in [5.41, 5.74) is 1.18. The third-order valence-corrected chi connectivity index (χ3v) is 3.69. The lowest BCUT2D eigenvalue weighted by molar-refractivity contribution is 0.174. The van der Waals surface area contributed by atoms with Gasteiger partial charge in [-0.15, -0.1) is 31.4 Å². The average Bonchev–Trinajstić information content (AvgIpc) is 2.36. The minimum absolute atomic E-state index is 0. The second kappa shape index (κ2) is 9.88. The third-order valence-electron chi connectivity index (χ3n) is 3.25. The first-order valence-corrected chi connectivity index (χ1v) is 6.98. The van der Waals surface area contributed by atoms with Gasteiger partial charge < -0.3 is 5.32 Å². The van der Waals surface area contributed by atoms with Gasteiger partial charge >= 0.3 is 0 Å². The minimum Gasteiger partial charge on any atom is -0.314 e. The van der Waals surface area contributed by atoms with Gasteiger partial charge in [-0.05, 0) is 30.2 Å². The molecule has 0 aromatic heterocycles. The molecular formula is C14H20Cl4N2. The molecular weight excluding hydrogens is 338 g/mol. The van der Waals surface area contributed by atoms with Gasteiger partial charge in [-0.2, -0.15) is 0 Å². The van der Waals surface area contributed by atoms with Crippen LogP contribution in [0.2, 0.25) is 10.0 Å². The van der Waals surface area contributed by atoms with Crippen molar-refractivity contribution in [3.63, 3.8) is 0 Å². The monoisotopic (exact) mass is 356 g/mol. The number of rotatable bonds is 4. The zero-order chi connectivity index (χ0) is 13.0. The first kappa shape index (κ1) is 20.0. The highest BCUT2D eigenvalue weighted by Gasteiger charge is 2.21. The van der Waals surface area contributed by atoms with E-state index in [4.69, 9.17) is 23.2 Å². The van der Waals surface area contributed by atoms with Crippen LogP contribution in [-0.2, 0) is 0 Å². The molecule has 1 N–H and O–H groups in total. The summed E-state index contributed by atoms with van der Waals surface area (Å²) < 4.78 is 0. The van der Waals surface area contributed by atoms with Gasteiger partial charge in [0.15, 0.2) is 0 Å². The Hall–Kier alpha value is 0.0400. The summed E-state index contributed by atoms with van der Waals surface area (Å²) in [5, 5.41) is 4.76. The third kappa shape index (κ3) is 5.44. The number of hydrogen-bond acceptors (Lipinski definition) is 2. The highest BCUT2D eigenvalue weighted by Crippen LogP contribution is 2.29. The summed E-state index contributed by atoms with van der Waals surface area (Å²) in [6, 6.07) is 6.10. The first-order chi connectivity index (χ1) is 8.70. The Labute approximate surface area is 143 Å². The number of halogens is 4. The Morgan fingerprint density at radius 2 is 1.70 bits per heavy atom. The molecule has 1 aromatic rings. The standard InChI is InChI=1S/C14H18Cl2N2.2ClH/c1-2-3-14(18-6-4-17-5-7-18)11-8-12(15)10-13(16)9-11;;/h2,8-10,14,17H,1,3-7H2;2*1H/t14-;;/m0../s1. The molecule has 0 radical (unpaired) electrons. The zero-order valence-corrected chi connectivity index (χ0v) is 14.3. The molecule has 1 aromatic carbocycles. The van der Waals surface area contributed by atoms with Gasteiger partial charge in [0, 0.05) is 42.3 Å². The normalized spacial score (nSPS) is 16.7. The number of nitrogens with one attached hydrogen (secondary N) is 1. The molecule has 0 unspecified atom stereocenters. The average molecular weight is 358 g/mol. The van der Waals surface area contributed by atoms with E-state index in [1.807, 2.05) is 18.2 Å². The molecule has 0 saturated carbocycles. The lowest BCUT2D eigenvalue weighted by Gasteiger charge is -2.35. The quantitative estimate of drug-likeness (QED) is 0.805. The summed E-state index contributed by atoms with van der Waals surface area (Å²) in [6.45, 7) is 8.01. The maximum atomic E-state index is 6.09. The van der Waals surface area contributed by atoms with Crippen molar-refractivity contribution in [1.29, 1.82) is 0 Å². The predicted octanol–water partition coefficient (Wildman–Crippen LogP) is 4.36. The maximum Gasteiger partial charge on any atom is 0.0424 e. The van der Waals surface area contributed by atoms with Crippen LogP contribution in [0.3, 0.4) is 0 Å². The molecule has 114 valence electrons. The molecule has 0 aliphatic carbocycles. The van der Waals surface area contributed by atoms with Crippen LogP contribution in [0.15, 0.2) is 30.9 Å². The SMILES string of the molecule is C=CC[C@@H](c1cc(Cl)cc(Cl)c1)N1CCNCC1.Cl.Cl. The van der Waals surface area contributed by atoms with Crippen LogP contribution in [-0.4, -0.2) is 31.1 Å². The summed E-state index contributed by atoms with van der Waals surface area (Å²) in [6.07, 6.45) is 2.87. The molecule has 2 rings (SSSR count). The molecule has 6 heteroatoms. The van der Waals surface area contributed by atoms with Crippen LogP contribution >= 0.6 is 48.0 Å². The number of nitrogens with zero attached hydrogens (tertiary/aromatic N) is 1. The van der Waals surface area contributed by atoms with Crippen molar-refractivity contribution in [2.45, 2.75) is 12.5 Å². The Bertz CT molecular complexity index is 399. The van der Waals surface area contributed by atoms with Gasteiger partial charge in [0.2, 0.25) is 0 Å². The van der Waals surface area contributed by atoms with Crippen LogP contribution in [0, 0.1) is 0 Å². The van der Waals surface area contributed by atoms with E-state index in [9.17, 15) is 0 Å². The van der Waals surface area contributed by atoms with Crippen LogP contribution in [0.25, 0.3) is 0 Å². The van der Waals surface area contributed by atoms with Crippen LogP contribution in [0.5, 0.6) is 0 Å². The number of hydrogen-bond donors (Lipinski definition) is 1. The molecule has 1 aliphatic heterocycles. The molecule has 1 fully saturated rings. The Morgan fingerprint density at radius 1 is 1.15 bits per heavy atom. The highest BCUT2D eigenvalue weighted by molar-refractivity contribution is 6.34. The fraction of sp³-hybridized carbons (Fsp3) is 0.429. The Kier molecular flexibility index (Phi) is 9.90. The van der Waals surface area contributed by atoms with Crippen molar-refractivity contribution in [2.24, 2.45) is 0 Å². The minimum atomic E-state index is 0. The summed E-state index contributed by atoms with van der Waals surface area (Å²) >= 11 is 12.2. The van der Waals surface area contributed by atoms with Crippen molar-refractivity contribution in [1.82, 2.24) is 10.2 Å². The fourth-order valence-corrected chi connectivity index (χ4v) is 2.96. The van der Waals surface area contributed by atoms with Gasteiger partial charge in [-0.1, -0.05) is 29.3 Å². The number of piperazine rings is 1. The van der Waals surface area contributed by atoms with Crippen molar-refractivity contribution in [3.05, 3.63) is 46.5 Å². The van der Waals surface area contributed by atoms with Gasteiger partial charge in [0.25, 0.3) is 0 Å². The summed E-state index contributed by atoms with van der Waals surface area (Å²) in [7, 11) is 0. The predicted molar refractivity (Wildman–Crippen MR) is 93.0 cm³/mol. The van der Waals surface area contributed by atoms with E-state index in [1.54, 1.807) is 6.07 Å². The van der Waals surface area contributed by atoms with Gasteiger partial charge in [-0.3, -0.25) is 4.90 Å². The molecule has 0 amide bonds. The van der Waals surface area contributed by atoms with Crippen molar-refractivity contribution in [3.8, 4) is 0 Å². The molecule has 2 nitrogen and oxygen atoms in total. The van der Waals surface area contributed by atoms with Crippen molar-refractivity contribution < 1.29 is 0 Å². The largest absolute Gasteiger partial charge is 0.314 e. The zero-order valence-electron chi connectivity index (χ0n) is 11.1. The molecule has 0 spiro atoms. The fourth-order valence-electron chi connectivity index (χ4n) is 2.42.